The number of unbranched alkanes of at least 4 members (excludes halogenated alkanes) is 3. The van der Waals surface area contributed by atoms with Crippen molar-refractivity contribution < 1.29 is 9.53 Å². The van der Waals surface area contributed by atoms with Gasteiger partial charge in [-0.15, -0.1) is 11.8 Å². The monoisotopic (exact) mass is 181 g/mol. The van der Waals surface area contributed by atoms with Crippen molar-refractivity contribution in [3.63, 3.8) is 0 Å². The van der Waals surface area contributed by atoms with Crippen LogP contribution in [-0.4, -0.2) is 13.1 Å². The molecule has 0 unspecified atom stereocenters. The third-order valence-electron chi connectivity index (χ3n) is 1.66. The molecule has 0 aromatic heterocycles. The highest BCUT2D eigenvalue weighted by atomic mass is 16.5. The van der Waals surface area contributed by atoms with Gasteiger partial charge in [0.25, 0.3) is 0 Å². The van der Waals surface area contributed by atoms with E-state index in [1.807, 2.05) is 0 Å². The first-order valence-corrected chi connectivity index (χ1v) is 4.63. The molecule has 0 rings (SSSR count). The van der Waals surface area contributed by atoms with Crippen LogP contribution in [0.1, 0.15) is 38.5 Å². The number of ether oxygens (including phenoxy) is 1. The molecule has 0 N–H and O–H groups in total. The van der Waals surface area contributed by atoms with Crippen LogP contribution in [0.15, 0.2) is 0 Å². The molecule has 0 aliphatic carbocycles. The van der Waals surface area contributed by atoms with Crippen molar-refractivity contribution in [1.29, 1.82) is 0 Å². The van der Waals surface area contributed by atoms with E-state index >= 15 is 0 Å². The summed E-state index contributed by atoms with van der Waals surface area (Å²) in [5.41, 5.74) is 0. The summed E-state index contributed by atoms with van der Waals surface area (Å²) in [5.74, 6) is 5.79. The first-order chi connectivity index (χ1) is 6.31. The Bertz CT molecular complexity index is 186. The van der Waals surface area contributed by atoms with Gasteiger partial charge in [-0.1, -0.05) is 6.42 Å². The van der Waals surface area contributed by atoms with Gasteiger partial charge in [-0.3, -0.25) is 4.79 Å². The third-order valence-corrected chi connectivity index (χ3v) is 1.66. The van der Waals surface area contributed by atoms with E-state index in [1.165, 1.54) is 7.11 Å². The van der Waals surface area contributed by atoms with Crippen LogP contribution in [-0.2, 0) is 9.53 Å². The summed E-state index contributed by atoms with van der Waals surface area (Å²) in [5, 5.41) is 0. The van der Waals surface area contributed by atoms with Crippen LogP contribution < -0.4 is 0 Å². The standard InChI is InChI=1S/C11H17O2/c1-3-4-5-6-7-8-9-10-11(12)13-2/h1,3,6-10H2,2H3. The third kappa shape index (κ3) is 8.94. The summed E-state index contributed by atoms with van der Waals surface area (Å²) < 4.78 is 4.52. The minimum Gasteiger partial charge on any atom is -0.469 e. The lowest BCUT2D eigenvalue weighted by Gasteiger charge is -1.97. The van der Waals surface area contributed by atoms with Gasteiger partial charge in [-0.05, 0) is 19.8 Å². The molecular formula is C11H17O2. The lowest BCUT2D eigenvalue weighted by atomic mass is 10.1. The van der Waals surface area contributed by atoms with E-state index < -0.39 is 0 Å². The van der Waals surface area contributed by atoms with Gasteiger partial charge in [0, 0.05) is 19.3 Å². The highest BCUT2D eigenvalue weighted by Gasteiger charge is 1.97. The average Bonchev–Trinajstić information content (AvgIpc) is 2.16. The Kier molecular flexibility index (Phi) is 8.44. The van der Waals surface area contributed by atoms with E-state index in [0.717, 1.165) is 25.7 Å². The van der Waals surface area contributed by atoms with Gasteiger partial charge in [-0.25, -0.2) is 0 Å². The average molecular weight is 181 g/mol. The van der Waals surface area contributed by atoms with Crippen LogP contribution in [0.25, 0.3) is 0 Å². The summed E-state index contributed by atoms with van der Waals surface area (Å²) in [6.45, 7) is 3.62. The van der Waals surface area contributed by atoms with Crippen LogP contribution >= 0.6 is 0 Å². The number of esters is 1. The van der Waals surface area contributed by atoms with Crippen LogP contribution in [0.2, 0.25) is 0 Å². The van der Waals surface area contributed by atoms with Crippen molar-refractivity contribution in [1.82, 2.24) is 0 Å². The number of rotatable bonds is 5. The predicted molar refractivity (Wildman–Crippen MR) is 52.9 cm³/mol. The lowest BCUT2D eigenvalue weighted by Crippen LogP contribution is -1.98. The number of carbonyl (C=O) groups is 1. The molecular weight excluding hydrogens is 164 g/mol. The van der Waals surface area contributed by atoms with Crippen molar-refractivity contribution in [2.75, 3.05) is 7.11 Å². The molecule has 0 aromatic carbocycles. The summed E-state index contributed by atoms with van der Waals surface area (Å²) >= 11 is 0. The Morgan fingerprint density at radius 1 is 1.31 bits per heavy atom. The topological polar surface area (TPSA) is 26.3 Å². The Morgan fingerprint density at radius 2 is 2.08 bits per heavy atom. The molecule has 2 nitrogen and oxygen atoms in total. The van der Waals surface area contributed by atoms with E-state index in [4.69, 9.17) is 0 Å². The van der Waals surface area contributed by atoms with Crippen molar-refractivity contribution in [2.24, 2.45) is 0 Å². The zero-order chi connectivity index (χ0) is 9.94. The lowest BCUT2D eigenvalue weighted by molar-refractivity contribution is -0.140. The van der Waals surface area contributed by atoms with Gasteiger partial charge >= 0.3 is 5.97 Å². The first kappa shape index (κ1) is 12.0. The van der Waals surface area contributed by atoms with Crippen LogP contribution in [0.3, 0.4) is 0 Å². The fourth-order valence-corrected chi connectivity index (χ4v) is 0.938. The number of methoxy groups -OCH3 is 1. The Hall–Kier alpha value is -0.970. The first-order valence-electron chi connectivity index (χ1n) is 4.63. The Labute approximate surface area is 80.7 Å². The maximum Gasteiger partial charge on any atom is 0.305 e. The molecule has 0 amide bonds. The van der Waals surface area contributed by atoms with Gasteiger partial charge in [0.2, 0.25) is 0 Å². The smallest absolute Gasteiger partial charge is 0.305 e. The van der Waals surface area contributed by atoms with Crippen molar-refractivity contribution in [3.05, 3.63) is 6.92 Å². The number of hydrogen-bond acceptors (Lipinski definition) is 2. The molecule has 73 valence electrons. The molecule has 2 heteroatoms. The Morgan fingerprint density at radius 3 is 2.69 bits per heavy atom. The zero-order valence-electron chi connectivity index (χ0n) is 8.27. The predicted octanol–water partition coefficient (Wildman–Crippen LogP) is 2.34. The SMILES string of the molecule is [CH2]CC#CCCCCCC(=O)OC. The number of hydrogen-bond donors (Lipinski definition) is 0. The van der Waals surface area contributed by atoms with Crippen molar-refractivity contribution in [3.8, 4) is 11.8 Å². The molecule has 0 saturated carbocycles. The molecule has 0 aliphatic rings. The summed E-state index contributed by atoms with van der Waals surface area (Å²) in [6.07, 6.45) is 5.13. The molecule has 0 saturated heterocycles. The molecule has 1 radical (unpaired) electrons. The second-order valence-corrected chi connectivity index (χ2v) is 2.74. The van der Waals surface area contributed by atoms with Gasteiger partial charge < -0.3 is 4.74 Å². The normalized spacial score (nSPS) is 8.77. The van der Waals surface area contributed by atoms with E-state index in [-0.39, 0.29) is 5.97 Å². The van der Waals surface area contributed by atoms with Gasteiger partial charge in [0.05, 0.1) is 7.11 Å². The maximum atomic E-state index is 10.7. The fraction of sp³-hybridized carbons (Fsp3) is 0.636. The quantitative estimate of drug-likeness (QED) is 0.369. The maximum absolute atomic E-state index is 10.7. The van der Waals surface area contributed by atoms with Crippen molar-refractivity contribution >= 4 is 5.97 Å². The number of carbonyl (C=O) groups excluding carboxylic acids is 1. The van der Waals surface area contributed by atoms with Crippen LogP contribution in [0, 0.1) is 18.8 Å². The van der Waals surface area contributed by atoms with E-state index in [9.17, 15) is 4.79 Å². The molecule has 0 atom stereocenters. The van der Waals surface area contributed by atoms with E-state index in [2.05, 4.69) is 23.5 Å². The van der Waals surface area contributed by atoms with E-state index in [1.54, 1.807) is 0 Å². The van der Waals surface area contributed by atoms with Crippen LogP contribution in [0.5, 0.6) is 0 Å². The highest BCUT2D eigenvalue weighted by molar-refractivity contribution is 5.68. The summed E-state index contributed by atoms with van der Waals surface area (Å²) in [4.78, 5) is 10.7. The van der Waals surface area contributed by atoms with Crippen molar-refractivity contribution in [2.45, 2.75) is 38.5 Å². The minimum atomic E-state index is -0.121. The van der Waals surface area contributed by atoms with Crippen LogP contribution in [0.4, 0.5) is 0 Å². The molecule has 0 bridgehead atoms. The summed E-state index contributed by atoms with van der Waals surface area (Å²) in [6, 6.07) is 0. The highest BCUT2D eigenvalue weighted by Crippen LogP contribution is 2.02. The van der Waals surface area contributed by atoms with Gasteiger partial charge in [-0.2, -0.15) is 0 Å². The molecule has 13 heavy (non-hydrogen) atoms. The van der Waals surface area contributed by atoms with Gasteiger partial charge in [0.1, 0.15) is 0 Å². The second kappa shape index (κ2) is 9.12. The second-order valence-electron chi connectivity index (χ2n) is 2.74. The molecule has 0 spiro atoms. The minimum absolute atomic E-state index is 0.121. The van der Waals surface area contributed by atoms with Gasteiger partial charge in [0.15, 0.2) is 0 Å². The zero-order valence-corrected chi connectivity index (χ0v) is 8.27. The fourth-order valence-electron chi connectivity index (χ4n) is 0.938. The molecule has 0 aromatic rings. The largest absolute Gasteiger partial charge is 0.469 e. The summed E-state index contributed by atoms with van der Waals surface area (Å²) in [7, 11) is 1.42. The molecule has 0 heterocycles. The van der Waals surface area contributed by atoms with E-state index in [0.29, 0.717) is 12.8 Å². The Balaban J connectivity index is 3.12. The molecule has 0 aliphatic heterocycles. The molecule has 0 fully saturated rings.